The molecule has 1 saturated heterocycles. The number of ether oxygens (including phenoxy) is 2. The van der Waals surface area contributed by atoms with Crippen LogP contribution < -0.4 is 14.8 Å². The highest BCUT2D eigenvalue weighted by Crippen LogP contribution is 2.41. The number of hydrogen-bond acceptors (Lipinski definition) is 3. The fraction of sp³-hybridized carbons (Fsp3) is 0.600. The van der Waals surface area contributed by atoms with Gasteiger partial charge < -0.3 is 14.8 Å². The number of piperidine rings is 1. The maximum absolute atomic E-state index is 5.59. The van der Waals surface area contributed by atoms with Crippen molar-refractivity contribution in [2.75, 3.05) is 20.8 Å². The molecule has 1 aliphatic heterocycles. The van der Waals surface area contributed by atoms with Gasteiger partial charge in [-0.25, -0.2) is 0 Å². The van der Waals surface area contributed by atoms with Gasteiger partial charge in [-0.2, -0.15) is 0 Å². The molecular weight excluding hydrogens is 226 g/mol. The molecule has 100 valence electrons. The minimum atomic E-state index is 0.391. The molecular formula is C15H23NO2. The van der Waals surface area contributed by atoms with E-state index in [4.69, 9.17) is 9.47 Å². The van der Waals surface area contributed by atoms with Crippen molar-refractivity contribution >= 4 is 0 Å². The zero-order valence-corrected chi connectivity index (χ0v) is 11.8. The summed E-state index contributed by atoms with van der Waals surface area (Å²) in [6, 6.07) is 2.63. The summed E-state index contributed by atoms with van der Waals surface area (Å²) in [6.45, 7) is 5.29. The summed E-state index contributed by atoms with van der Waals surface area (Å²) >= 11 is 0. The molecule has 0 amide bonds. The van der Waals surface area contributed by atoms with Gasteiger partial charge >= 0.3 is 0 Å². The maximum Gasteiger partial charge on any atom is 0.165 e. The number of hydrogen-bond donors (Lipinski definition) is 1. The van der Waals surface area contributed by atoms with Crippen LogP contribution in [0.5, 0.6) is 11.5 Å². The van der Waals surface area contributed by atoms with E-state index in [0.29, 0.717) is 6.04 Å². The first kappa shape index (κ1) is 13.2. The molecule has 1 heterocycles. The van der Waals surface area contributed by atoms with E-state index >= 15 is 0 Å². The molecule has 0 bridgehead atoms. The van der Waals surface area contributed by atoms with Crippen molar-refractivity contribution in [1.82, 2.24) is 5.32 Å². The molecule has 18 heavy (non-hydrogen) atoms. The summed E-state index contributed by atoms with van der Waals surface area (Å²) < 4.78 is 11.1. The molecule has 0 aromatic heterocycles. The molecule has 1 aliphatic rings. The summed E-state index contributed by atoms with van der Waals surface area (Å²) in [7, 11) is 3.43. The summed E-state index contributed by atoms with van der Waals surface area (Å²) in [5.74, 6) is 1.76. The molecule has 0 spiro atoms. The molecule has 3 nitrogen and oxygen atoms in total. The molecule has 0 radical (unpaired) electrons. The fourth-order valence-corrected chi connectivity index (χ4v) is 2.72. The first-order valence-corrected chi connectivity index (χ1v) is 6.64. The van der Waals surface area contributed by atoms with Crippen molar-refractivity contribution in [2.45, 2.75) is 39.2 Å². The fourth-order valence-electron chi connectivity index (χ4n) is 2.72. The topological polar surface area (TPSA) is 30.5 Å². The van der Waals surface area contributed by atoms with E-state index in [1.54, 1.807) is 14.2 Å². The van der Waals surface area contributed by atoms with Crippen LogP contribution in [0.25, 0.3) is 0 Å². The average Bonchev–Trinajstić information content (AvgIpc) is 2.42. The van der Waals surface area contributed by atoms with Gasteiger partial charge in [0, 0.05) is 11.6 Å². The van der Waals surface area contributed by atoms with Crippen molar-refractivity contribution in [3.63, 3.8) is 0 Å². The van der Waals surface area contributed by atoms with Crippen LogP contribution in [-0.4, -0.2) is 20.8 Å². The lowest BCUT2D eigenvalue weighted by atomic mass is 9.93. The molecule has 1 fully saturated rings. The smallest absolute Gasteiger partial charge is 0.165 e. The zero-order chi connectivity index (χ0) is 13.1. The Kier molecular flexibility index (Phi) is 4.12. The summed E-state index contributed by atoms with van der Waals surface area (Å²) in [6.07, 6.45) is 3.71. The van der Waals surface area contributed by atoms with Crippen LogP contribution in [0.1, 0.15) is 42.0 Å². The van der Waals surface area contributed by atoms with Crippen molar-refractivity contribution < 1.29 is 9.47 Å². The Morgan fingerprint density at radius 2 is 1.83 bits per heavy atom. The standard InChI is InChI=1S/C15H23NO2/c1-10-9-12(13-7-5-6-8-16-13)15(18-4)14(17-3)11(10)2/h9,13,16H,5-8H2,1-4H3. The Hall–Kier alpha value is -1.22. The number of aryl methyl sites for hydroxylation is 1. The predicted octanol–water partition coefficient (Wildman–Crippen LogP) is 3.14. The van der Waals surface area contributed by atoms with Gasteiger partial charge in [-0.3, -0.25) is 0 Å². The lowest BCUT2D eigenvalue weighted by Gasteiger charge is -2.27. The minimum Gasteiger partial charge on any atom is -0.493 e. The van der Waals surface area contributed by atoms with E-state index in [0.717, 1.165) is 23.6 Å². The predicted molar refractivity (Wildman–Crippen MR) is 73.6 cm³/mol. The Bertz CT molecular complexity index is 423. The van der Waals surface area contributed by atoms with E-state index in [2.05, 4.69) is 25.2 Å². The SMILES string of the molecule is COc1c(C2CCCCN2)cc(C)c(C)c1OC. The third-order valence-corrected chi connectivity index (χ3v) is 3.87. The average molecular weight is 249 g/mol. The van der Waals surface area contributed by atoms with Gasteiger partial charge in [0.05, 0.1) is 14.2 Å². The molecule has 2 rings (SSSR count). The molecule has 1 atom stereocenters. The van der Waals surface area contributed by atoms with Gasteiger partial charge in [0.1, 0.15) is 0 Å². The second-order valence-corrected chi connectivity index (χ2v) is 4.98. The van der Waals surface area contributed by atoms with Crippen molar-refractivity contribution in [1.29, 1.82) is 0 Å². The van der Waals surface area contributed by atoms with Crippen LogP contribution in [0.3, 0.4) is 0 Å². The molecule has 1 aromatic carbocycles. The highest BCUT2D eigenvalue weighted by Gasteiger charge is 2.23. The van der Waals surface area contributed by atoms with Crippen LogP contribution in [0, 0.1) is 13.8 Å². The van der Waals surface area contributed by atoms with Crippen LogP contribution in [0.2, 0.25) is 0 Å². The molecule has 0 saturated carbocycles. The van der Waals surface area contributed by atoms with Gasteiger partial charge in [0.2, 0.25) is 0 Å². The monoisotopic (exact) mass is 249 g/mol. The van der Waals surface area contributed by atoms with E-state index in [9.17, 15) is 0 Å². The second kappa shape index (κ2) is 5.61. The number of benzene rings is 1. The third-order valence-electron chi connectivity index (χ3n) is 3.87. The summed E-state index contributed by atoms with van der Waals surface area (Å²) in [5, 5.41) is 3.57. The van der Waals surface area contributed by atoms with Crippen LogP contribution in [0.15, 0.2) is 6.07 Å². The van der Waals surface area contributed by atoms with Gasteiger partial charge in [-0.05, 0) is 44.4 Å². The Balaban J connectivity index is 2.47. The van der Waals surface area contributed by atoms with Crippen LogP contribution in [-0.2, 0) is 0 Å². The van der Waals surface area contributed by atoms with Crippen LogP contribution in [0.4, 0.5) is 0 Å². The third kappa shape index (κ3) is 2.32. The highest BCUT2D eigenvalue weighted by atomic mass is 16.5. The lowest BCUT2D eigenvalue weighted by Crippen LogP contribution is -2.27. The normalized spacial score (nSPS) is 19.7. The van der Waals surface area contributed by atoms with E-state index < -0.39 is 0 Å². The van der Waals surface area contributed by atoms with E-state index in [1.165, 1.54) is 30.4 Å². The quantitative estimate of drug-likeness (QED) is 0.892. The number of rotatable bonds is 3. The number of methoxy groups -OCH3 is 2. The largest absolute Gasteiger partial charge is 0.493 e. The first-order chi connectivity index (χ1) is 8.69. The number of nitrogens with one attached hydrogen (secondary N) is 1. The first-order valence-electron chi connectivity index (χ1n) is 6.64. The zero-order valence-electron chi connectivity index (χ0n) is 11.8. The van der Waals surface area contributed by atoms with Gasteiger partial charge in [0.25, 0.3) is 0 Å². The molecule has 1 unspecified atom stereocenters. The van der Waals surface area contributed by atoms with Gasteiger partial charge in [-0.15, -0.1) is 0 Å². The summed E-state index contributed by atoms with van der Waals surface area (Å²) in [5.41, 5.74) is 3.65. The molecule has 1 aromatic rings. The summed E-state index contributed by atoms with van der Waals surface area (Å²) in [4.78, 5) is 0. The van der Waals surface area contributed by atoms with E-state index in [1.807, 2.05) is 0 Å². The molecule has 0 aliphatic carbocycles. The van der Waals surface area contributed by atoms with Crippen molar-refractivity contribution in [3.05, 3.63) is 22.8 Å². The van der Waals surface area contributed by atoms with Gasteiger partial charge in [-0.1, -0.05) is 12.5 Å². The molecule has 3 heteroatoms. The second-order valence-electron chi connectivity index (χ2n) is 4.98. The van der Waals surface area contributed by atoms with Crippen molar-refractivity contribution in [2.24, 2.45) is 0 Å². The van der Waals surface area contributed by atoms with Crippen molar-refractivity contribution in [3.8, 4) is 11.5 Å². The van der Waals surface area contributed by atoms with Crippen LogP contribution >= 0.6 is 0 Å². The maximum atomic E-state index is 5.59. The Labute approximate surface area is 109 Å². The minimum absolute atomic E-state index is 0.391. The van der Waals surface area contributed by atoms with Gasteiger partial charge in [0.15, 0.2) is 11.5 Å². The highest BCUT2D eigenvalue weighted by molar-refractivity contribution is 5.56. The Morgan fingerprint density at radius 1 is 1.11 bits per heavy atom. The lowest BCUT2D eigenvalue weighted by molar-refractivity contribution is 0.336. The Morgan fingerprint density at radius 3 is 2.39 bits per heavy atom. The van der Waals surface area contributed by atoms with E-state index in [-0.39, 0.29) is 0 Å². The molecule has 1 N–H and O–H groups in total.